The lowest BCUT2D eigenvalue weighted by atomic mass is 10.0. The van der Waals surface area contributed by atoms with E-state index in [2.05, 4.69) is 25.9 Å². The number of nitrogens with zero attached hydrogens (tertiary/aromatic N) is 3. The molecule has 0 radical (unpaired) electrons. The molecular formula is C25H21FN6O4. The molecule has 2 aliphatic rings. The van der Waals surface area contributed by atoms with Crippen molar-refractivity contribution in [3.05, 3.63) is 71.7 Å². The molecule has 3 aromatic rings. The lowest BCUT2D eigenvalue weighted by Gasteiger charge is -2.29. The van der Waals surface area contributed by atoms with E-state index in [0.717, 1.165) is 0 Å². The smallest absolute Gasteiger partial charge is 0.255 e. The first kappa shape index (κ1) is 23.1. The van der Waals surface area contributed by atoms with Crippen LogP contribution in [-0.2, 0) is 20.9 Å². The van der Waals surface area contributed by atoms with Crippen LogP contribution in [0.25, 0.3) is 11.4 Å². The summed E-state index contributed by atoms with van der Waals surface area (Å²) >= 11 is 0. The van der Waals surface area contributed by atoms with E-state index in [1.807, 2.05) is 0 Å². The minimum Gasteiger partial charge on any atom is -0.361 e. The topological polar surface area (TPSA) is 133 Å². The van der Waals surface area contributed by atoms with Gasteiger partial charge in [-0.05, 0) is 48.9 Å². The maximum atomic E-state index is 13.2. The average molecular weight is 488 g/mol. The predicted octanol–water partition coefficient (Wildman–Crippen LogP) is 2.09. The van der Waals surface area contributed by atoms with E-state index in [1.165, 1.54) is 23.2 Å². The van der Waals surface area contributed by atoms with Gasteiger partial charge in [0.1, 0.15) is 17.7 Å². The third kappa shape index (κ3) is 4.63. The van der Waals surface area contributed by atoms with Gasteiger partial charge >= 0.3 is 0 Å². The van der Waals surface area contributed by atoms with Crippen molar-refractivity contribution < 1.29 is 23.6 Å². The quantitative estimate of drug-likeness (QED) is 0.453. The second-order valence-corrected chi connectivity index (χ2v) is 8.41. The molecule has 1 unspecified atom stereocenters. The number of benzene rings is 2. The van der Waals surface area contributed by atoms with E-state index < -0.39 is 11.9 Å². The fourth-order valence-electron chi connectivity index (χ4n) is 4.26. The SMILES string of the molecule is O=C1CCC(N2Cc3c(NC(=O)CNc4ccnc(-c5ccc(F)cc5)n4)cccc3C2=O)C(=O)N1. The Labute approximate surface area is 204 Å². The first-order valence-electron chi connectivity index (χ1n) is 11.3. The molecule has 0 aliphatic carbocycles. The molecule has 5 rings (SSSR count). The minimum atomic E-state index is -0.735. The maximum absolute atomic E-state index is 13.2. The van der Waals surface area contributed by atoms with Gasteiger partial charge in [0.15, 0.2) is 5.82 Å². The Morgan fingerprint density at radius 3 is 2.69 bits per heavy atom. The zero-order valence-electron chi connectivity index (χ0n) is 19.0. The summed E-state index contributed by atoms with van der Waals surface area (Å²) in [5.41, 5.74) is 2.12. The van der Waals surface area contributed by atoms with Gasteiger partial charge < -0.3 is 15.5 Å². The Kier molecular flexibility index (Phi) is 6.11. The number of amides is 4. The van der Waals surface area contributed by atoms with E-state index in [4.69, 9.17) is 0 Å². The van der Waals surface area contributed by atoms with Gasteiger partial charge in [0.25, 0.3) is 5.91 Å². The molecule has 36 heavy (non-hydrogen) atoms. The molecular weight excluding hydrogens is 467 g/mol. The molecule has 1 atom stereocenters. The van der Waals surface area contributed by atoms with E-state index in [1.54, 1.807) is 36.4 Å². The molecule has 2 aromatic carbocycles. The van der Waals surface area contributed by atoms with Gasteiger partial charge in [0.05, 0.1) is 6.54 Å². The zero-order chi connectivity index (χ0) is 25.2. The Bertz CT molecular complexity index is 1380. The standard InChI is InChI=1S/C25H21FN6O4/c26-15-6-4-14(5-7-15)23-27-11-10-20(30-23)28-12-22(34)29-18-3-1-2-16-17(18)13-32(25(16)36)19-8-9-21(33)31-24(19)35/h1-7,10-11,19H,8-9,12-13H2,(H,29,34)(H,27,28,30)(H,31,33,35). The molecule has 4 amide bonds. The number of aromatic nitrogens is 2. The van der Waals surface area contributed by atoms with Gasteiger partial charge in [-0.3, -0.25) is 24.5 Å². The fourth-order valence-corrected chi connectivity index (χ4v) is 4.26. The monoisotopic (exact) mass is 488 g/mol. The molecule has 1 saturated heterocycles. The van der Waals surface area contributed by atoms with Crippen molar-refractivity contribution in [3.63, 3.8) is 0 Å². The van der Waals surface area contributed by atoms with Crippen LogP contribution in [0.3, 0.4) is 0 Å². The van der Waals surface area contributed by atoms with E-state index in [9.17, 15) is 23.6 Å². The number of nitrogens with one attached hydrogen (secondary N) is 3. The van der Waals surface area contributed by atoms with Gasteiger partial charge in [-0.1, -0.05) is 6.07 Å². The number of carbonyl (C=O) groups is 4. The lowest BCUT2D eigenvalue weighted by molar-refractivity contribution is -0.137. The summed E-state index contributed by atoms with van der Waals surface area (Å²) in [5.74, 6) is -1.09. The Morgan fingerprint density at radius 1 is 1.11 bits per heavy atom. The van der Waals surface area contributed by atoms with Crippen LogP contribution in [0.1, 0.15) is 28.8 Å². The first-order chi connectivity index (χ1) is 17.4. The van der Waals surface area contributed by atoms with E-state index in [0.29, 0.717) is 34.0 Å². The van der Waals surface area contributed by atoms with Gasteiger partial charge in [-0.25, -0.2) is 14.4 Å². The molecule has 10 nitrogen and oxygen atoms in total. The highest BCUT2D eigenvalue weighted by Crippen LogP contribution is 2.32. The summed E-state index contributed by atoms with van der Waals surface area (Å²) in [6, 6.07) is 11.6. The second kappa shape index (κ2) is 9.53. The summed E-state index contributed by atoms with van der Waals surface area (Å²) < 4.78 is 13.2. The Hall–Kier alpha value is -4.67. The average Bonchev–Trinajstić information content (AvgIpc) is 3.20. The number of imide groups is 1. The molecule has 0 spiro atoms. The molecule has 182 valence electrons. The van der Waals surface area contributed by atoms with Crippen LogP contribution in [-0.4, -0.2) is 51.1 Å². The number of anilines is 2. The third-order valence-electron chi connectivity index (χ3n) is 6.04. The summed E-state index contributed by atoms with van der Waals surface area (Å²) in [6.07, 6.45) is 1.96. The van der Waals surface area contributed by atoms with Crippen LogP contribution < -0.4 is 16.0 Å². The van der Waals surface area contributed by atoms with Crippen LogP contribution >= 0.6 is 0 Å². The van der Waals surface area contributed by atoms with Gasteiger partial charge in [-0.15, -0.1) is 0 Å². The zero-order valence-corrected chi connectivity index (χ0v) is 19.0. The fraction of sp³-hybridized carbons (Fsp3) is 0.200. The first-order valence-corrected chi connectivity index (χ1v) is 11.3. The van der Waals surface area contributed by atoms with Gasteiger partial charge in [0.2, 0.25) is 17.7 Å². The molecule has 3 N–H and O–H groups in total. The van der Waals surface area contributed by atoms with E-state index >= 15 is 0 Å². The second-order valence-electron chi connectivity index (χ2n) is 8.41. The van der Waals surface area contributed by atoms with Crippen molar-refractivity contribution in [2.75, 3.05) is 17.2 Å². The lowest BCUT2D eigenvalue weighted by Crippen LogP contribution is -2.52. The largest absolute Gasteiger partial charge is 0.361 e. The molecule has 2 aliphatic heterocycles. The normalized spacial score (nSPS) is 17.0. The van der Waals surface area contributed by atoms with Gasteiger partial charge in [-0.2, -0.15) is 0 Å². The molecule has 1 fully saturated rings. The third-order valence-corrected chi connectivity index (χ3v) is 6.04. The minimum absolute atomic E-state index is 0.103. The summed E-state index contributed by atoms with van der Waals surface area (Å²) in [7, 11) is 0. The van der Waals surface area contributed by atoms with Crippen molar-refractivity contribution in [2.45, 2.75) is 25.4 Å². The molecule has 0 saturated carbocycles. The van der Waals surface area contributed by atoms with Crippen molar-refractivity contribution in [3.8, 4) is 11.4 Å². The van der Waals surface area contributed by atoms with Crippen LogP contribution in [0.15, 0.2) is 54.7 Å². The summed E-state index contributed by atoms with van der Waals surface area (Å²) in [6.45, 7) is 0.0472. The van der Waals surface area contributed by atoms with Crippen molar-refractivity contribution in [2.24, 2.45) is 0 Å². The van der Waals surface area contributed by atoms with Crippen LogP contribution in [0.2, 0.25) is 0 Å². The highest BCUT2D eigenvalue weighted by atomic mass is 19.1. The number of piperidine rings is 1. The number of halogens is 1. The van der Waals surface area contributed by atoms with Crippen LogP contribution in [0.4, 0.5) is 15.9 Å². The highest BCUT2D eigenvalue weighted by molar-refractivity contribution is 6.07. The molecule has 0 bridgehead atoms. The number of hydrogen-bond donors (Lipinski definition) is 3. The maximum Gasteiger partial charge on any atom is 0.255 e. The van der Waals surface area contributed by atoms with Crippen molar-refractivity contribution >= 4 is 35.1 Å². The highest BCUT2D eigenvalue weighted by Gasteiger charge is 2.39. The molecule has 1 aromatic heterocycles. The molecule has 11 heteroatoms. The van der Waals surface area contributed by atoms with Gasteiger partial charge in [0, 0.05) is 41.5 Å². The summed E-state index contributed by atoms with van der Waals surface area (Å²) in [4.78, 5) is 59.3. The van der Waals surface area contributed by atoms with Crippen LogP contribution in [0.5, 0.6) is 0 Å². The molecule has 3 heterocycles. The Morgan fingerprint density at radius 2 is 1.92 bits per heavy atom. The number of hydrogen-bond acceptors (Lipinski definition) is 7. The number of fused-ring (bicyclic) bond motifs is 1. The van der Waals surface area contributed by atoms with Crippen molar-refractivity contribution in [1.82, 2.24) is 20.2 Å². The number of carbonyl (C=O) groups excluding carboxylic acids is 4. The van der Waals surface area contributed by atoms with Crippen LogP contribution in [0, 0.1) is 5.82 Å². The van der Waals surface area contributed by atoms with E-state index in [-0.39, 0.29) is 49.5 Å². The predicted molar refractivity (Wildman–Crippen MR) is 127 cm³/mol. The number of rotatable bonds is 6. The Balaban J connectivity index is 1.24. The summed E-state index contributed by atoms with van der Waals surface area (Å²) in [5, 5.41) is 8.01. The van der Waals surface area contributed by atoms with Crippen molar-refractivity contribution in [1.29, 1.82) is 0 Å².